The van der Waals surface area contributed by atoms with Crippen molar-refractivity contribution in [3.8, 4) is 11.3 Å². The lowest BCUT2D eigenvalue weighted by atomic mass is 10.0. The van der Waals surface area contributed by atoms with E-state index in [-0.39, 0.29) is 18.4 Å². The van der Waals surface area contributed by atoms with Gasteiger partial charge in [0.15, 0.2) is 0 Å². The molecule has 0 saturated carbocycles. The van der Waals surface area contributed by atoms with E-state index in [9.17, 15) is 19.2 Å². The van der Waals surface area contributed by atoms with E-state index in [0.29, 0.717) is 23.4 Å². The van der Waals surface area contributed by atoms with Crippen LogP contribution in [0, 0.1) is 0 Å². The van der Waals surface area contributed by atoms with Crippen LogP contribution in [0.4, 0.5) is 11.6 Å². The summed E-state index contributed by atoms with van der Waals surface area (Å²) in [5, 5.41) is 2.23. The van der Waals surface area contributed by atoms with Crippen LogP contribution in [0.15, 0.2) is 48.7 Å². The average molecular weight is 485 g/mol. The van der Waals surface area contributed by atoms with Crippen molar-refractivity contribution >= 4 is 35.3 Å². The molecular weight excluding hydrogens is 460 g/mol. The second-order valence-electron chi connectivity index (χ2n) is 9.31. The smallest absolute Gasteiger partial charge is 0.262 e. The highest BCUT2D eigenvalue weighted by molar-refractivity contribution is 6.24. The molecule has 1 unspecified atom stereocenters. The van der Waals surface area contributed by atoms with E-state index < -0.39 is 29.7 Å². The molecule has 10 heteroatoms. The van der Waals surface area contributed by atoms with E-state index in [1.807, 2.05) is 36.5 Å². The minimum absolute atomic E-state index is 0.0858. The molecule has 10 nitrogen and oxygen atoms in total. The van der Waals surface area contributed by atoms with Crippen molar-refractivity contribution in [2.24, 2.45) is 0 Å². The van der Waals surface area contributed by atoms with Crippen LogP contribution >= 0.6 is 0 Å². The van der Waals surface area contributed by atoms with Crippen molar-refractivity contribution in [3.05, 3.63) is 65.4 Å². The zero-order valence-electron chi connectivity index (χ0n) is 19.4. The van der Waals surface area contributed by atoms with Gasteiger partial charge < -0.3 is 15.2 Å². The number of nitrogens with one attached hydrogen (secondary N) is 1. The van der Waals surface area contributed by atoms with Gasteiger partial charge in [0, 0.05) is 43.5 Å². The lowest BCUT2D eigenvalue weighted by Crippen LogP contribution is -2.54. The summed E-state index contributed by atoms with van der Waals surface area (Å²) in [7, 11) is 0. The second kappa shape index (κ2) is 8.33. The summed E-state index contributed by atoms with van der Waals surface area (Å²) in [5.74, 6) is -1.23. The number of imidazole rings is 1. The standard InChI is InChI=1S/C26H24N6O4/c27-17-6-1-4-15(12-17)19-14-31-11-3-10-30(26(31)28-19)13-16-5-2-7-18-22(16)25(36)32(24(18)35)20-8-9-21(33)29-23(20)34/h1-2,4-7,12,14,20H,3,8-11,13,27H2,(H,29,33,34). The molecule has 0 bridgehead atoms. The van der Waals surface area contributed by atoms with E-state index in [1.54, 1.807) is 12.1 Å². The minimum atomic E-state index is -0.988. The van der Waals surface area contributed by atoms with Gasteiger partial charge in [0.1, 0.15) is 6.04 Å². The number of aryl methyl sites for hydroxylation is 1. The molecule has 4 amide bonds. The summed E-state index contributed by atoms with van der Waals surface area (Å²) < 4.78 is 2.09. The zero-order chi connectivity index (χ0) is 25.0. The predicted octanol–water partition coefficient (Wildman–Crippen LogP) is 1.94. The average Bonchev–Trinajstić information content (AvgIpc) is 3.40. The number of benzene rings is 2. The highest BCUT2D eigenvalue weighted by Crippen LogP contribution is 2.33. The van der Waals surface area contributed by atoms with Gasteiger partial charge in [-0.15, -0.1) is 0 Å². The third-order valence-electron chi connectivity index (χ3n) is 6.96. The molecule has 3 aliphatic rings. The molecule has 3 aliphatic heterocycles. The molecule has 0 spiro atoms. The Morgan fingerprint density at radius 2 is 1.86 bits per heavy atom. The van der Waals surface area contributed by atoms with Crippen LogP contribution in [0.25, 0.3) is 11.3 Å². The van der Waals surface area contributed by atoms with Gasteiger partial charge in [-0.2, -0.15) is 0 Å². The number of hydrogen-bond acceptors (Lipinski definition) is 7. The van der Waals surface area contributed by atoms with Gasteiger partial charge in [0.2, 0.25) is 17.8 Å². The first-order valence-electron chi connectivity index (χ1n) is 11.9. The van der Waals surface area contributed by atoms with Crippen molar-refractivity contribution in [2.45, 2.75) is 38.4 Å². The number of piperidine rings is 1. The van der Waals surface area contributed by atoms with Crippen molar-refractivity contribution < 1.29 is 19.2 Å². The van der Waals surface area contributed by atoms with Crippen LogP contribution in [0.3, 0.4) is 0 Å². The molecule has 3 aromatic rings. The summed E-state index contributed by atoms with van der Waals surface area (Å²) in [6, 6.07) is 11.8. The SMILES string of the molecule is Nc1cccc(-c2cn3c(n2)N(Cc2cccc4c2C(=O)N(C2CCC(=O)NC2=O)C4=O)CCC3)c1. The zero-order valence-corrected chi connectivity index (χ0v) is 19.4. The quantitative estimate of drug-likeness (QED) is 0.427. The third-order valence-corrected chi connectivity index (χ3v) is 6.96. The molecule has 1 saturated heterocycles. The number of rotatable bonds is 4. The summed E-state index contributed by atoms with van der Waals surface area (Å²) in [5.41, 5.74) is 9.66. The molecule has 182 valence electrons. The minimum Gasteiger partial charge on any atom is -0.399 e. The predicted molar refractivity (Wildman–Crippen MR) is 131 cm³/mol. The fourth-order valence-corrected chi connectivity index (χ4v) is 5.26. The molecule has 2 aromatic carbocycles. The molecule has 1 atom stereocenters. The van der Waals surface area contributed by atoms with Crippen molar-refractivity contribution in [1.82, 2.24) is 19.8 Å². The van der Waals surface area contributed by atoms with Gasteiger partial charge >= 0.3 is 0 Å². The Balaban J connectivity index is 1.31. The Labute approximate surface area is 206 Å². The molecule has 0 aliphatic carbocycles. The Morgan fingerprint density at radius 3 is 2.67 bits per heavy atom. The van der Waals surface area contributed by atoms with Gasteiger partial charge in [-0.1, -0.05) is 24.3 Å². The van der Waals surface area contributed by atoms with Crippen molar-refractivity contribution in [1.29, 1.82) is 0 Å². The number of anilines is 2. The molecular formula is C26H24N6O4. The first-order valence-corrected chi connectivity index (χ1v) is 11.9. The van der Waals surface area contributed by atoms with Crippen LogP contribution in [-0.2, 0) is 22.7 Å². The van der Waals surface area contributed by atoms with Crippen molar-refractivity contribution in [2.75, 3.05) is 17.2 Å². The molecule has 3 N–H and O–H groups in total. The lowest BCUT2D eigenvalue weighted by molar-refractivity contribution is -0.136. The molecule has 0 radical (unpaired) electrons. The first-order chi connectivity index (χ1) is 17.4. The van der Waals surface area contributed by atoms with Crippen LogP contribution in [0.2, 0.25) is 0 Å². The highest BCUT2D eigenvalue weighted by Gasteiger charge is 2.45. The van der Waals surface area contributed by atoms with Crippen molar-refractivity contribution in [3.63, 3.8) is 0 Å². The largest absolute Gasteiger partial charge is 0.399 e. The number of carbonyl (C=O) groups excluding carboxylic acids is 4. The Bertz CT molecular complexity index is 1440. The van der Waals surface area contributed by atoms with Crippen LogP contribution < -0.4 is 16.0 Å². The number of amides is 4. The van der Waals surface area contributed by atoms with Crippen LogP contribution in [0.1, 0.15) is 45.5 Å². The van der Waals surface area contributed by atoms with E-state index in [1.165, 1.54) is 0 Å². The number of aromatic nitrogens is 2. The van der Waals surface area contributed by atoms with Crippen LogP contribution in [-0.4, -0.2) is 50.7 Å². The second-order valence-corrected chi connectivity index (χ2v) is 9.31. The molecule has 4 heterocycles. The summed E-state index contributed by atoms with van der Waals surface area (Å²) in [4.78, 5) is 58.5. The summed E-state index contributed by atoms with van der Waals surface area (Å²) in [6.07, 6.45) is 3.12. The highest BCUT2D eigenvalue weighted by atomic mass is 16.2. The number of nitrogen functional groups attached to an aromatic ring is 1. The molecule has 1 aromatic heterocycles. The number of hydrogen-bond donors (Lipinski definition) is 2. The number of imide groups is 2. The topological polar surface area (TPSA) is 131 Å². The summed E-state index contributed by atoms with van der Waals surface area (Å²) in [6.45, 7) is 1.96. The normalized spacial score (nSPS) is 19.4. The Hall–Kier alpha value is -4.47. The molecule has 1 fully saturated rings. The fourth-order valence-electron chi connectivity index (χ4n) is 5.26. The summed E-state index contributed by atoms with van der Waals surface area (Å²) >= 11 is 0. The van der Waals surface area contributed by atoms with E-state index >= 15 is 0 Å². The van der Waals surface area contributed by atoms with Crippen LogP contribution in [0.5, 0.6) is 0 Å². The number of fused-ring (bicyclic) bond motifs is 2. The number of nitrogens with two attached hydrogens (primary N) is 1. The Morgan fingerprint density at radius 1 is 1.03 bits per heavy atom. The Kier molecular flexibility index (Phi) is 5.10. The van der Waals surface area contributed by atoms with Gasteiger partial charge in [0.25, 0.3) is 11.8 Å². The molecule has 36 heavy (non-hydrogen) atoms. The third kappa shape index (κ3) is 3.53. The first kappa shape index (κ1) is 22.0. The number of carbonyl (C=O) groups is 4. The number of nitrogens with zero attached hydrogens (tertiary/aromatic N) is 4. The lowest BCUT2D eigenvalue weighted by Gasteiger charge is -2.29. The maximum absolute atomic E-state index is 13.5. The van der Waals surface area contributed by atoms with Gasteiger partial charge in [-0.05, 0) is 36.6 Å². The fraction of sp³-hybridized carbons (Fsp3) is 0.269. The molecule has 6 rings (SSSR count). The van der Waals surface area contributed by atoms with E-state index in [2.05, 4.69) is 14.8 Å². The maximum atomic E-state index is 13.5. The van der Waals surface area contributed by atoms with E-state index in [4.69, 9.17) is 10.7 Å². The van der Waals surface area contributed by atoms with Gasteiger partial charge in [-0.25, -0.2) is 4.98 Å². The maximum Gasteiger partial charge on any atom is 0.262 e. The van der Waals surface area contributed by atoms with E-state index in [0.717, 1.165) is 41.6 Å². The monoisotopic (exact) mass is 484 g/mol. The van der Waals surface area contributed by atoms with Gasteiger partial charge in [-0.3, -0.25) is 29.4 Å². The van der Waals surface area contributed by atoms with Gasteiger partial charge in [0.05, 0.1) is 16.8 Å².